The Morgan fingerprint density at radius 2 is 1.90 bits per heavy atom. The summed E-state index contributed by atoms with van der Waals surface area (Å²) in [6.07, 6.45) is 0.822. The van der Waals surface area contributed by atoms with Crippen molar-refractivity contribution in [2.45, 2.75) is 32.9 Å². The molecule has 0 spiro atoms. The quantitative estimate of drug-likeness (QED) is 0.384. The van der Waals surface area contributed by atoms with E-state index >= 15 is 0 Å². The molecule has 31 heavy (non-hydrogen) atoms. The normalized spacial score (nSPS) is 16.5. The van der Waals surface area contributed by atoms with Crippen LogP contribution >= 0.6 is 7.60 Å². The van der Waals surface area contributed by atoms with Gasteiger partial charge in [0, 0.05) is 0 Å². The maximum atomic E-state index is 13.8. The second-order valence-electron chi connectivity index (χ2n) is 6.60. The molecular formula is C20H24FN2O6PSe. The van der Waals surface area contributed by atoms with Crippen molar-refractivity contribution in [1.29, 1.82) is 0 Å². The number of rotatable bonds is 10. The second kappa shape index (κ2) is 10.6. The molecule has 1 aromatic carbocycles. The summed E-state index contributed by atoms with van der Waals surface area (Å²) < 4.78 is 46.5. The van der Waals surface area contributed by atoms with Gasteiger partial charge in [-0.05, 0) is 0 Å². The van der Waals surface area contributed by atoms with E-state index in [2.05, 4.69) is 0 Å². The topological polar surface area (TPSA) is 99.6 Å². The Labute approximate surface area is 185 Å². The number of allylic oxidation sites excluding steroid dienone is 1. The van der Waals surface area contributed by atoms with Crippen LogP contribution in [-0.2, 0) is 18.3 Å². The number of halogens is 1. The zero-order valence-corrected chi connectivity index (χ0v) is 19.8. The minimum absolute atomic E-state index is 0.114. The van der Waals surface area contributed by atoms with Crippen LogP contribution in [0.5, 0.6) is 0 Å². The van der Waals surface area contributed by atoms with Crippen LogP contribution in [0.3, 0.4) is 0 Å². The third-order valence-corrected chi connectivity index (χ3v) is 8.92. The van der Waals surface area contributed by atoms with Crippen LogP contribution in [-0.4, -0.2) is 43.9 Å². The van der Waals surface area contributed by atoms with E-state index < -0.39 is 30.9 Å². The molecule has 0 saturated carbocycles. The number of aromatic nitrogens is 2. The Morgan fingerprint density at radius 3 is 2.55 bits per heavy atom. The van der Waals surface area contributed by atoms with E-state index in [1.807, 2.05) is 35.3 Å². The first-order chi connectivity index (χ1) is 14.8. The Bertz CT molecular complexity index is 1090. The van der Waals surface area contributed by atoms with Gasteiger partial charge >= 0.3 is 185 Å². The van der Waals surface area contributed by atoms with Crippen LogP contribution in [0.1, 0.15) is 32.9 Å². The zero-order valence-electron chi connectivity index (χ0n) is 17.2. The molecule has 0 unspecified atom stereocenters. The molecule has 1 aromatic heterocycles. The molecule has 0 bridgehead atoms. The van der Waals surface area contributed by atoms with E-state index in [0.717, 1.165) is 19.7 Å². The molecule has 1 aliphatic rings. The number of hydrogen-bond acceptors (Lipinski definition) is 6. The van der Waals surface area contributed by atoms with Gasteiger partial charge in [0.15, 0.2) is 0 Å². The molecule has 3 rings (SSSR count). The summed E-state index contributed by atoms with van der Waals surface area (Å²) in [5.74, 6) is -0.476. The van der Waals surface area contributed by atoms with Gasteiger partial charge in [-0.3, -0.25) is 0 Å². The molecule has 2 aromatic rings. The predicted molar refractivity (Wildman–Crippen MR) is 115 cm³/mol. The van der Waals surface area contributed by atoms with Crippen molar-refractivity contribution in [2.24, 2.45) is 0 Å². The molecule has 0 aliphatic carbocycles. The van der Waals surface area contributed by atoms with Crippen molar-refractivity contribution in [3.05, 3.63) is 73.4 Å². The zero-order chi connectivity index (χ0) is 22.4. The number of nitrogens with one attached hydrogen (secondary N) is 1. The first kappa shape index (κ1) is 23.7. The summed E-state index contributed by atoms with van der Waals surface area (Å²) in [4.78, 5) is 25.5. The standard InChI is InChI=1S/C20H24FN2O6PSe/c1-3-27-30(26,28-4-2)11-10-16-17(31-14-8-6-5-7-9-14)12-18(29-16)23-13-15(21)19(24)22-20(23)25/h5-9,13,18H,3-4,10-12H2,1-2H3,(H,22,24,25)/t18-/m0/s1. The molecule has 0 radical (unpaired) electrons. The number of aromatic amines is 1. The summed E-state index contributed by atoms with van der Waals surface area (Å²) in [5.41, 5.74) is -1.82. The Hall–Kier alpha value is -1.96. The number of H-pyrrole nitrogens is 1. The first-order valence-electron chi connectivity index (χ1n) is 9.86. The van der Waals surface area contributed by atoms with Gasteiger partial charge in [0.25, 0.3) is 0 Å². The van der Waals surface area contributed by atoms with Crippen LogP contribution in [0.4, 0.5) is 4.39 Å². The molecule has 0 fully saturated rings. The van der Waals surface area contributed by atoms with Gasteiger partial charge in [-0.25, -0.2) is 0 Å². The molecule has 0 amide bonds. The van der Waals surface area contributed by atoms with Crippen molar-refractivity contribution in [2.75, 3.05) is 19.4 Å². The third kappa shape index (κ3) is 6.05. The van der Waals surface area contributed by atoms with Crippen molar-refractivity contribution in [3.8, 4) is 0 Å². The van der Waals surface area contributed by atoms with Crippen molar-refractivity contribution >= 4 is 27.0 Å². The summed E-state index contributed by atoms with van der Waals surface area (Å²) in [6.45, 7) is 4.00. The van der Waals surface area contributed by atoms with Crippen molar-refractivity contribution < 1.29 is 22.7 Å². The van der Waals surface area contributed by atoms with Crippen LogP contribution < -0.4 is 15.7 Å². The first-order valence-corrected chi connectivity index (χ1v) is 13.3. The maximum absolute atomic E-state index is 13.8. The molecule has 1 atom stereocenters. The fourth-order valence-corrected chi connectivity index (χ4v) is 6.94. The summed E-state index contributed by atoms with van der Waals surface area (Å²) in [5, 5.41) is 0. The van der Waals surface area contributed by atoms with E-state index in [1.54, 1.807) is 13.8 Å². The van der Waals surface area contributed by atoms with E-state index in [4.69, 9.17) is 13.8 Å². The fourth-order valence-electron chi connectivity index (χ4n) is 3.10. The summed E-state index contributed by atoms with van der Waals surface area (Å²) in [6, 6.07) is 9.78. The molecule has 168 valence electrons. The van der Waals surface area contributed by atoms with E-state index in [-0.39, 0.29) is 40.8 Å². The summed E-state index contributed by atoms with van der Waals surface area (Å²) in [7, 11) is -3.28. The average Bonchev–Trinajstić information content (AvgIpc) is 3.13. The van der Waals surface area contributed by atoms with Gasteiger partial charge in [0.05, 0.1) is 0 Å². The molecule has 0 saturated heterocycles. The predicted octanol–water partition coefficient (Wildman–Crippen LogP) is 2.49. The van der Waals surface area contributed by atoms with Gasteiger partial charge in [-0.15, -0.1) is 0 Å². The molecule has 2 heterocycles. The van der Waals surface area contributed by atoms with Crippen LogP contribution in [0.2, 0.25) is 0 Å². The third-order valence-electron chi connectivity index (χ3n) is 4.43. The average molecular weight is 517 g/mol. The molecule has 8 nitrogen and oxygen atoms in total. The number of nitrogens with zero attached hydrogens (tertiary/aromatic N) is 1. The number of ether oxygens (including phenoxy) is 1. The van der Waals surface area contributed by atoms with Crippen LogP contribution in [0.15, 0.2) is 56.3 Å². The van der Waals surface area contributed by atoms with E-state index in [1.165, 1.54) is 0 Å². The Balaban J connectivity index is 1.86. The van der Waals surface area contributed by atoms with Gasteiger partial charge in [0.2, 0.25) is 0 Å². The monoisotopic (exact) mass is 518 g/mol. The van der Waals surface area contributed by atoms with E-state index in [9.17, 15) is 18.5 Å². The van der Waals surface area contributed by atoms with Gasteiger partial charge in [-0.1, -0.05) is 0 Å². The van der Waals surface area contributed by atoms with Crippen molar-refractivity contribution in [3.63, 3.8) is 0 Å². The Morgan fingerprint density at radius 1 is 1.23 bits per heavy atom. The van der Waals surface area contributed by atoms with Gasteiger partial charge in [-0.2, -0.15) is 0 Å². The molecule has 1 aliphatic heterocycles. The molecular weight excluding hydrogens is 493 g/mol. The van der Waals surface area contributed by atoms with Gasteiger partial charge in [0.1, 0.15) is 0 Å². The summed E-state index contributed by atoms with van der Waals surface area (Å²) >= 11 is -0.114. The minimum atomic E-state index is -3.28. The second-order valence-corrected chi connectivity index (χ2v) is 11.2. The SMILES string of the molecule is CCOP(=O)(CCC1=C([Se]c2ccccc2)C[C@@H](n2cc(F)c(=O)[nH]c2=O)O1)OCC. The Kier molecular flexibility index (Phi) is 8.08. The van der Waals surface area contributed by atoms with Crippen LogP contribution in [0, 0.1) is 5.82 Å². The van der Waals surface area contributed by atoms with Gasteiger partial charge < -0.3 is 0 Å². The number of hydrogen-bond donors (Lipinski definition) is 1. The van der Waals surface area contributed by atoms with E-state index in [0.29, 0.717) is 12.2 Å². The van der Waals surface area contributed by atoms with Crippen LogP contribution in [0.25, 0.3) is 0 Å². The number of benzene rings is 1. The van der Waals surface area contributed by atoms with Crippen molar-refractivity contribution in [1.82, 2.24) is 9.55 Å². The fraction of sp³-hybridized carbons (Fsp3) is 0.400. The molecule has 11 heteroatoms. The molecule has 1 N–H and O–H groups in total.